The van der Waals surface area contributed by atoms with Gasteiger partial charge in [-0.1, -0.05) is 0 Å². The Labute approximate surface area is 117 Å². The van der Waals surface area contributed by atoms with Crippen molar-refractivity contribution in [3.05, 3.63) is 0 Å². The van der Waals surface area contributed by atoms with E-state index >= 15 is 0 Å². The lowest BCUT2D eigenvalue weighted by Gasteiger charge is -2.37. The zero-order valence-electron chi connectivity index (χ0n) is 11.2. The van der Waals surface area contributed by atoms with Crippen molar-refractivity contribution in [2.24, 2.45) is 0 Å². The van der Waals surface area contributed by atoms with Gasteiger partial charge in [-0.05, 0) is 0 Å². The zero-order valence-corrected chi connectivity index (χ0v) is 12.0. The third-order valence-electron chi connectivity index (χ3n) is 3.07. The molecule has 112 valence electrons. The first-order valence-electron chi connectivity index (χ1n) is 6.07. The number of carbonyl (C=O) groups is 2. The van der Waals surface area contributed by atoms with Crippen molar-refractivity contribution in [2.45, 2.75) is 18.9 Å². The summed E-state index contributed by atoms with van der Waals surface area (Å²) in [5.74, 6) is -1.65. The number of sulfone groups is 1. The van der Waals surface area contributed by atoms with Gasteiger partial charge in [0.25, 0.3) is 0 Å². The van der Waals surface area contributed by atoms with Gasteiger partial charge in [-0.3, -0.25) is 4.79 Å². The maximum atomic E-state index is 12.2. The second kappa shape index (κ2) is 6.56. The molecule has 1 N–H and O–H groups in total. The largest absolute Gasteiger partial charge is 0.481 e. The number of rotatable bonds is 4. The lowest BCUT2D eigenvalue weighted by atomic mass is 10.2. The number of carboxylic acid groups (broad SMARTS) is 1. The number of urea groups is 1. The summed E-state index contributed by atoms with van der Waals surface area (Å²) >= 11 is 0. The van der Waals surface area contributed by atoms with Crippen LogP contribution in [0, 0.1) is 11.3 Å². The minimum Gasteiger partial charge on any atom is -0.481 e. The molecular weight excluding hydrogens is 286 g/mol. The fourth-order valence-corrected chi connectivity index (χ4v) is 3.57. The van der Waals surface area contributed by atoms with E-state index in [2.05, 4.69) is 0 Å². The smallest absolute Gasteiger partial charge is 0.320 e. The number of nitrogens with zero attached hydrogens (tertiary/aromatic N) is 3. The molecule has 9 heteroatoms. The molecule has 1 heterocycles. The molecule has 0 aromatic carbocycles. The number of carbonyl (C=O) groups excluding carboxylic acids is 1. The monoisotopic (exact) mass is 303 g/mol. The number of amides is 2. The average molecular weight is 303 g/mol. The minimum absolute atomic E-state index is 0.0179. The Hall–Kier alpha value is -1.82. The van der Waals surface area contributed by atoms with Gasteiger partial charge in [-0.2, -0.15) is 5.26 Å². The third kappa shape index (κ3) is 4.38. The summed E-state index contributed by atoms with van der Waals surface area (Å²) in [5.41, 5.74) is 0. The molecule has 1 aliphatic rings. The third-order valence-corrected chi connectivity index (χ3v) is 4.77. The summed E-state index contributed by atoms with van der Waals surface area (Å²) < 4.78 is 23.1. The standard InChI is InChI=1S/C11H17N3O5S/c1-13(4-2-3-12)11(17)14-5-6-20(18,19)8-9(14)7-10(15)16/h9H,2,4-8H2,1H3,(H,15,16). The Morgan fingerprint density at radius 2 is 2.15 bits per heavy atom. The van der Waals surface area contributed by atoms with E-state index in [1.54, 1.807) is 0 Å². The fraction of sp³-hybridized carbons (Fsp3) is 0.727. The zero-order chi connectivity index (χ0) is 15.3. The van der Waals surface area contributed by atoms with E-state index in [1.807, 2.05) is 6.07 Å². The normalized spacial score (nSPS) is 21.0. The van der Waals surface area contributed by atoms with Crippen LogP contribution in [0.5, 0.6) is 0 Å². The summed E-state index contributed by atoms with van der Waals surface area (Å²) in [7, 11) is -1.81. The molecule has 20 heavy (non-hydrogen) atoms. The number of hydrogen-bond donors (Lipinski definition) is 1. The Bertz CT molecular complexity index is 525. The van der Waals surface area contributed by atoms with E-state index in [4.69, 9.17) is 10.4 Å². The van der Waals surface area contributed by atoms with Gasteiger partial charge in [0.05, 0.1) is 36.5 Å². The molecule has 1 aliphatic heterocycles. The van der Waals surface area contributed by atoms with Crippen LogP contribution in [0.4, 0.5) is 4.79 Å². The summed E-state index contributed by atoms with van der Waals surface area (Å²) in [4.78, 5) is 25.5. The predicted octanol–water partition coefficient (Wildman–Crippen LogP) is -0.474. The molecule has 0 bridgehead atoms. The van der Waals surface area contributed by atoms with E-state index in [-0.39, 0.29) is 31.0 Å². The van der Waals surface area contributed by atoms with Crippen LogP contribution in [-0.4, -0.2) is 73.0 Å². The fourth-order valence-electron chi connectivity index (χ4n) is 2.04. The maximum absolute atomic E-state index is 12.2. The van der Waals surface area contributed by atoms with E-state index < -0.39 is 34.3 Å². The molecule has 0 aliphatic carbocycles. The van der Waals surface area contributed by atoms with Crippen LogP contribution in [0.25, 0.3) is 0 Å². The molecule has 0 saturated carbocycles. The highest BCUT2D eigenvalue weighted by molar-refractivity contribution is 7.91. The second-order valence-electron chi connectivity index (χ2n) is 4.67. The number of aliphatic carboxylic acids is 1. The number of carboxylic acids is 1. The van der Waals surface area contributed by atoms with E-state index in [0.29, 0.717) is 0 Å². The van der Waals surface area contributed by atoms with Gasteiger partial charge >= 0.3 is 12.0 Å². The summed E-state index contributed by atoms with van der Waals surface area (Å²) in [6.07, 6.45) is -0.241. The first-order valence-corrected chi connectivity index (χ1v) is 7.90. The van der Waals surface area contributed by atoms with Crippen molar-refractivity contribution in [3.8, 4) is 6.07 Å². The lowest BCUT2D eigenvalue weighted by Crippen LogP contribution is -2.55. The van der Waals surface area contributed by atoms with E-state index in [1.165, 1.54) is 16.8 Å². The van der Waals surface area contributed by atoms with Crippen LogP contribution >= 0.6 is 0 Å². The first-order chi connectivity index (χ1) is 9.26. The van der Waals surface area contributed by atoms with Crippen LogP contribution in [0.15, 0.2) is 0 Å². The second-order valence-corrected chi connectivity index (χ2v) is 6.90. The molecule has 1 atom stereocenters. The molecule has 0 radical (unpaired) electrons. The highest BCUT2D eigenvalue weighted by Gasteiger charge is 2.36. The molecule has 1 unspecified atom stereocenters. The molecule has 2 amide bonds. The van der Waals surface area contributed by atoms with Gasteiger partial charge < -0.3 is 14.9 Å². The molecule has 1 fully saturated rings. The summed E-state index contributed by atoms with van der Waals surface area (Å²) in [6.45, 7) is 0.203. The molecule has 1 rings (SSSR count). The van der Waals surface area contributed by atoms with Crippen LogP contribution in [-0.2, 0) is 14.6 Å². The van der Waals surface area contributed by atoms with Gasteiger partial charge in [0.1, 0.15) is 0 Å². The van der Waals surface area contributed by atoms with Gasteiger partial charge in [-0.25, -0.2) is 13.2 Å². The van der Waals surface area contributed by atoms with Crippen molar-refractivity contribution in [2.75, 3.05) is 31.6 Å². The highest BCUT2D eigenvalue weighted by Crippen LogP contribution is 2.16. The SMILES string of the molecule is CN(CCC#N)C(=O)N1CCS(=O)(=O)CC1CC(=O)O. The summed E-state index contributed by atoms with van der Waals surface area (Å²) in [5, 5.41) is 17.3. The topological polar surface area (TPSA) is 119 Å². The molecule has 0 spiro atoms. The van der Waals surface area contributed by atoms with Crippen LogP contribution in [0.3, 0.4) is 0 Å². The Kier molecular flexibility index (Phi) is 5.33. The van der Waals surface area contributed by atoms with E-state index in [0.717, 1.165) is 0 Å². The Morgan fingerprint density at radius 3 is 2.70 bits per heavy atom. The molecule has 1 saturated heterocycles. The van der Waals surface area contributed by atoms with Gasteiger partial charge in [0.2, 0.25) is 0 Å². The minimum atomic E-state index is -3.31. The van der Waals surface area contributed by atoms with Gasteiger partial charge in [-0.15, -0.1) is 0 Å². The molecular formula is C11H17N3O5S. The Morgan fingerprint density at radius 1 is 1.50 bits per heavy atom. The van der Waals surface area contributed by atoms with Crippen molar-refractivity contribution >= 4 is 21.8 Å². The molecule has 8 nitrogen and oxygen atoms in total. The summed E-state index contributed by atoms with van der Waals surface area (Å²) in [6, 6.07) is 0.609. The molecule has 0 aromatic rings. The number of hydrogen-bond acceptors (Lipinski definition) is 5. The van der Waals surface area contributed by atoms with Crippen LogP contribution in [0.1, 0.15) is 12.8 Å². The Balaban J connectivity index is 2.82. The maximum Gasteiger partial charge on any atom is 0.320 e. The first kappa shape index (κ1) is 16.2. The number of nitriles is 1. The van der Waals surface area contributed by atoms with Crippen LogP contribution < -0.4 is 0 Å². The highest BCUT2D eigenvalue weighted by atomic mass is 32.2. The molecule has 0 aromatic heterocycles. The van der Waals surface area contributed by atoms with Gasteiger partial charge in [0, 0.05) is 20.1 Å². The average Bonchev–Trinajstić information content (AvgIpc) is 2.33. The van der Waals surface area contributed by atoms with Crippen molar-refractivity contribution in [3.63, 3.8) is 0 Å². The van der Waals surface area contributed by atoms with Crippen molar-refractivity contribution < 1.29 is 23.1 Å². The quantitative estimate of drug-likeness (QED) is 0.749. The van der Waals surface area contributed by atoms with Crippen molar-refractivity contribution in [1.29, 1.82) is 5.26 Å². The van der Waals surface area contributed by atoms with Crippen LogP contribution in [0.2, 0.25) is 0 Å². The van der Waals surface area contributed by atoms with Crippen molar-refractivity contribution in [1.82, 2.24) is 9.80 Å². The van der Waals surface area contributed by atoms with Gasteiger partial charge in [0.15, 0.2) is 9.84 Å². The predicted molar refractivity (Wildman–Crippen MR) is 69.7 cm³/mol. The van der Waals surface area contributed by atoms with E-state index in [9.17, 15) is 18.0 Å². The lowest BCUT2D eigenvalue weighted by molar-refractivity contribution is -0.138.